The van der Waals surface area contributed by atoms with Crippen LogP contribution in [-0.2, 0) is 14.0 Å². The average Bonchev–Trinajstić information content (AvgIpc) is 2.77. The number of nitrogens with one attached hydrogen (secondary N) is 1. The van der Waals surface area contributed by atoms with E-state index in [1.54, 1.807) is 32.9 Å². The van der Waals surface area contributed by atoms with Crippen molar-refractivity contribution >= 4 is 19.3 Å². The minimum absolute atomic E-state index is 0.0487. The van der Waals surface area contributed by atoms with E-state index in [9.17, 15) is 14.4 Å². The van der Waals surface area contributed by atoms with Crippen LogP contribution in [0.5, 0.6) is 0 Å². The van der Waals surface area contributed by atoms with E-state index in [0.29, 0.717) is 11.0 Å². The maximum Gasteiger partial charge on any atom is 0.492 e. The fourth-order valence-corrected chi connectivity index (χ4v) is 2.66. The zero-order valence-corrected chi connectivity index (χ0v) is 18.1. The van der Waals surface area contributed by atoms with Gasteiger partial charge in [-0.15, -0.1) is 0 Å². The summed E-state index contributed by atoms with van der Waals surface area (Å²) in [5, 5.41) is 12.0. The van der Waals surface area contributed by atoms with E-state index in [2.05, 4.69) is 5.32 Å². The van der Waals surface area contributed by atoms with Crippen LogP contribution in [-0.4, -0.2) is 36.6 Å². The van der Waals surface area contributed by atoms with Gasteiger partial charge in [0.25, 0.3) is 0 Å². The van der Waals surface area contributed by atoms with Crippen LogP contribution in [0.3, 0.4) is 0 Å². The zero-order valence-electron chi connectivity index (χ0n) is 18.1. The van der Waals surface area contributed by atoms with Crippen LogP contribution < -0.4 is 5.32 Å². The van der Waals surface area contributed by atoms with Gasteiger partial charge in [0, 0.05) is 6.54 Å². The molecule has 8 heteroatoms. The fourth-order valence-electron chi connectivity index (χ4n) is 2.66. The molecule has 1 aliphatic heterocycles. The molecule has 1 N–H and O–H groups in total. The van der Waals surface area contributed by atoms with Crippen molar-refractivity contribution in [2.24, 2.45) is 0 Å². The van der Waals surface area contributed by atoms with Crippen molar-refractivity contribution in [1.29, 1.82) is 5.26 Å². The smallest absolute Gasteiger partial charge is 0.444 e. The zero-order chi connectivity index (χ0) is 22.0. The summed E-state index contributed by atoms with van der Waals surface area (Å²) >= 11 is 0. The molecule has 0 bridgehead atoms. The number of nitriles is 1. The van der Waals surface area contributed by atoms with Crippen molar-refractivity contribution in [3.05, 3.63) is 40.6 Å². The Labute approximate surface area is 172 Å². The summed E-state index contributed by atoms with van der Waals surface area (Å²) in [5.41, 5.74) is -1.00. The van der Waals surface area contributed by atoms with Crippen molar-refractivity contribution in [1.82, 2.24) is 5.32 Å². The second kappa shape index (κ2) is 8.17. The van der Waals surface area contributed by atoms with Crippen molar-refractivity contribution in [2.45, 2.75) is 65.3 Å². The van der Waals surface area contributed by atoms with Gasteiger partial charge in [-0.25, -0.2) is 9.18 Å². The molecular weight excluding hydrogens is 374 g/mol. The third-order valence-corrected chi connectivity index (χ3v) is 4.89. The summed E-state index contributed by atoms with van der Waals surface area (Å²) in [7, 11) is -0.773. The Morgan fingerprint density at radius 2 is 1.86 bits per heavy atom. The molecule has 0 saturated carbocycles. The topological polar surface area (TPSA) is 80.6 Å². The quantitative estimate of drug-likeness (QED) is 0.763. The van der Waals surface area contributed by atoms with Gasteiger partial charge < -0.3 is 19.4 Å². The molecule has 0 aliphatic carbocycles. The third-order valence-electron chi connectivity index (χ3n) is 4.89. The number of halogens is 1. The molecule has 0 atom stereocenters. The lowest BCUT2D eigenvalue weighted by molar-refractivity contribution is 0.00578. The van der Waals surface area contributed by atoms with Gasteiger partial charge in [0.05, 0.1) is 16.8 Å². The molecule has 0 radical (unpaired) electrons. The van der Waals surface area contributed by atoms with E-state index < -0.39 is 35.8 Å². The highest BCUT2D eigenvalue weighted by molar-refractivity contribution is 6.56. The largest absolute Gasteiger partial charge is 0.492 e. The van der Waals surface area contributed by atoms with Crippen LogP contribution >= 0.6 is 0 Å². The molecule has 1 aromatic rings. The monoisotopic (exact) mass is 402 g/mol. The van der Waals surface area contributed by atoms with Crippen molar-refractivity contribution < 1.29 is 23.2 Å². The molecule has 1 saturated heterocycles. The normalized spacial score (nSPS) is 18.3. The summed E-state index contributed by atoms with van der Waals surface area (Å²) in [6, 6.07) is 6.24. The Morgan fingerprint density at radius 3 is 2.38 bits per heavy atom. The van der Waals surface area contributed by atoms with Gasteiger partial charge in [-0.3, -0.25) is 0 Å². The maximum absolute atomic E-state index is 14.0. The van der Waals surface area contributed by atoms with Crippen LogP contribution in [0.25, 0.3) is 6.08 Å². The summed E-state index contributed by atoms with van der Waals surface area (Å²) in [6.07, 6.45) is 1.01. The highest BCUT2D eigenvalue weighted by atomic mass is 19.1. The number of alkyl carbamates (subject to hydrolysis) is 1. The second-order valence-corrected chi connectivity index (χ2v) is 8.98. The molecule has 1 aliphatic rings. The van der Waals surface area contributed by atoms with Crippen LogP contribution in [0, 0.1) is 17.1 Å². The first-order chi connectivity index (χ1) is 13.3. The Kier molecular flexibility index (Phi) is 6.46. The van der Waals surface area contributed by atoms with Gasteiger partial charge in [0.1, 0.15) is 17.5 Å². The van der Waals surface area contributed by atoms with Gasteiger partial charge in [-0.1, -0.05) is 18.2 Å². The lowest BCUT2D eigenvalue weighted by Crippen LogP contribution is -2.41. The number of ether oxygens (including phenoxy) is 1. The number of rotatable bonds is 4. The number of benzene rings is 1. The first-order valence-corrected chi connectivity index (χ1v) is 9.47. The first kappa shape index (κ1) is 22.9. The van der Waals surface area contributed by atoms with E-state index in [4.69, 9.17) is 14.0 Å². The van der Waals surface area contributed by atoms with E-state index in [1.807, 2.05) is 33.8 Å². The number of nitrogens with zero attached hydrogens (tertiary/aromatic N) is 1. The summed E-state index contributed by atoms with van der Waals surface area (Å²) in [5.74, 6) is -0.616. The lowest BCUT2D eigenvalue weighted by Gasteiger charge is -2.32. The minimum Gasteiger partial charge on any atom is -0.444 e. The number of hydrogen-bond acceptors (Lipinski definition) is 5. The molecule has 1 heterocycles. The molecule has 29 heavy (non-hydrogen) atoms. The molecule has 0 unspecified atom stereocenters. The Morgan fingerprint density at radius 1 is 1.28 bits per heavy atom. The SMILES string of the molecule is CC(C)(C)OC(=O)NCC(=Cc1cccc(F)c1C#N)B1OC(C)(C)C(C)(C)O1. The minimum atomic E-state index is -0.773. The highest BCUT2D eigenvalue weighted by Crippen LogP contribution is 2.38. The number of carbonyl (C=O) groups is 1. The van der Waals surface area contributed by atoms with Crippen molar-refractivity contribution in [3.8, 4) is 6.07 Å². The van der Waals surface area contributed by atoms with Gasteiger partial charge in [-0.2, -0.15) is 5.26 Å². The van der Waals surface area contributed by atoms with E-state index in [0.717, 1.165) is 0 Å². The second-order valence-electron chi connectivity index (χ2n) is 8.98. The average molecular weight is 402 g/mol. The third kappa shape index (κ3) is 5.59. The molecule has 1 aromatic carbocycles. The maximum atomic E-state index is 14.0. The van der Waals surface area contributed by atoms with E-state index in [-0.39, 0.29) is 12.1 Å². The van der Waals surface area contributed by atoms with Crippen LogP contribution in [0.2, 0.25) is 0 Å². The number of amides is 1. The summed E-state index contributed by atoms with van der Waals surface area (Å²) < 4.78 is 31.4. The molecule has 0 spiro atoms. The lowest BCUT2D eigenvalue weighted by atomic mass is 9.76. The first-order valence-electron chi connectivity index (χ1n) is 9.47. The summed E-state index contributed by atoms with van der Waals surface area (Å²) in [4.78, 5) is 12.1. The standard InChI is InChI=1S/C21H28BFN2O4/c1-19(2,3)27-18(26)25-13-15(22-28-20(4,5)21(6,7)29-22)11-14-9-8-10-17(23)16(14)12-24/h8-11H,13H2,1-7H3,(H,25,26). The van der Waals surface area contributed by atoms with Gasteiger partial charge in [0.2, 0.25) is 0 Å². The van der Waals surface area contributed by atoms with Crippen molar-refractivity contribution in [2.75, 3.05) is 6.54 Å². The molecular formula is C21H28BFN2O4. The van der Waals surface area contributed by atoms with Crippen molar-refractivity contribution in [3.63, 3.8) is 0 Å². The van der Waals surface area contributed by atoms with Crippen LogP contribution in [0.15, 0.2) is 23.7 Å². The summed E-state index contributed by atoms with van der Waals surface area (Å²) in [6.45, 7) is 13.0. The van der Waals surface area contributed by atoms with E-state index in [1.165, 1.54) is 12.1 Å². The molecule has 0 aromatic heterocycles. The molecule has 1 amide bonds. The predicted molar refractivity (Wildman–Crippen MR) is 109 cm³/mol. The Balaban J connectivity index is 2.36. The van der Waals surface area contributed by atoms with Gasteiger partial charge in [-0.05, 0) is 65.6 Å². The van der Waals surface area contributed by atoms with Crippen LogP contribution in [0.1, 0.15) is 59.6 Å². The number of hydrogen-bond donors (Lipinski definition) is 1. The van der Waals surface area contributed by atoms with Crippen LogP contribution in [0.4, 0.5) is 9.18 Å². The molecule has 1 fully saturated rings. The fraction of sp³-hybridized carbons (Fsp3) is 0.524. The molecule has 156 valence electrons. The molecule has 2 rings (SSSR count). The number of carbonyl (C=O) groups excluding carboxylic acids is 1. The van der Waals surface area contributed by atoms with E-state index >= 15 is 0 Å². The predicted octanol–water partition coefficient (Wildman–Crippen LogP) is 4.24. The highest BCUT2D eigenvalue weighted by Gasteiger charge is 2.52. The Bertz CT molecular complexity index is 837. The van der Waals surface area contributed by atoms with Gasteiger partial charge >= 0.3 is 13.2 Å². The van der Waals surface area contributed by atoms with Gasteiger partial charge in [0.15, 0.2) is 0 Å². The Hall–Kier alpha value is -2.37. The molecule has 6 nitrogen and oxygen atoms in total.